The number of carbonyl (C=O) groups excluding carboxylic acids is 2. The molecule has 0 aliphatic carbocycles. The molecule has 0 spiro atoms. The van der Waals surface area contributed by atoms with Gasteiger partial charge in [0.1, 0.15) is 6.33 Å². The highest BCUT2D eigenvalue weighted by Gasteiger charge is 2.25. The third-order valence-electron chi connectivity index (χ3n) is 4.06. The van der Waals surface area contributed by atoms with E-state index in [4.69, 9.17) is 0 Å². The standard InChI is InChI=1S/C16H19N5O2/c1-12-5-3-4-6-14(12)21-11-17-15(18-21)16(23)20-9-7-19(8-10-20)13(2)22/h3-6,11H,7-10H2,1-2H3. The molecule has 2 amide bonds. The van der Waals surface area contributed by atoms with E-state index < -0.39 is 0 Å². The Hall–Kier alpha value is -2.70. The Morgan fingerprint density at radius 3 is 2.35 bits per heavy atom. The third kappa shape index (κ3) is 3.08. The molecule has 0 atom stereocenters. The Morgan fingerprint density at radius 2 is 1.70 bits per heavy atom. The Labute approximate surface area is 134 Å². The van der Waals surface area contributed by atoms with Gasteiger partial charge in [0.15, 0.2) is 0 Å². The van der Waals surface area contributed by atoms with Gasteiger partial charge in [0, 0.05) is 33.1 Å². The van der Waals surface area contributed by atoms with Crippen LogP contribution in [0, 0.1) is 6.92 Å². The molecule has 0 radical (unpaired) electrons. The van der Waals surface area contributed by atoms with Gasteiger partial charge in [0.25, 0.3) is 5.91 Å². The lowest BCUT2D eigenvalue weighted by Gasteiger charge is -2.33. The van der Waals surface area contributed by atoms with Crippen LogP contribution in [0.5, 0.6) is 0 Å². The van der Waals surface area contributed by atoms with Crippen molar-refractivity contribution in [3.8, 4) is 5.69 Å². The molecule has 2 heterocycles. The number of hydrogen-bond donors (Lipinski definition) is 0. The van der Waals surface area contributed by atoms with Crippen LogP contribution in [0.25, 0.3) is 5.69 Å². The molecule has 7 heteroatoms. The fourth-order valence-electron chi connectivity index (χ4n) is 2.66. The molecule has 0 saturated carbocycles. The van der Waals surface area contributed by atoms with Crippen LogP contribution in [-0.2, 0) is 4.79 Å². The SMILES string of the molecule is CC(=O)N1CCN(C(=O)c2ncn(-c3ccccc3C)n2)CC1. The number of amides is 2. The summed E-state index contributed by atoms with van der Waals surface area (Å²) in [5, 5.41) is 4.30. The van der Waals surface area contributed by atoms with Gasteiger partial charge >= 0.3 is 0 Å². The highest BCUT2D eigenvalue weighted by molar-refractivity contribution is 5.90. The van der Waals surface area contributed by atoms with Crippen molar-refractivity contribution in [3.05, 3.63) is 42.0 Å². The lowest BCUT2D eigenvalue weighted by molar-refractivity contribution is -0.130. The van der Waals surface area contributed by atoms with Gasteiger partial charge in [-0.2, -0.15) is 0 Å². The number of aromatic nitrogens is 3. The summed E-state index contributed by atoms with van der Waals surface area (Å²) in [4.78, 5) is 31.4. The number of piperazine rings is 1. The summed E-state index contributed by atoms with van der Waals surface area (Å²) in [7, 11) is 0. The van der Waals surface area contributed by atoms with E-state index in [9.17, 15) is 9.59 Å². The van der Waals surface area contributed by atoms with Crippen LogP contribution in [0.15, 0.2) is 30.6 Å². The smallest absolute Gasteiger partial charge is 0.293 e. The van der Waals surface area contributed by atoms with E-state index in [2.05, 4.69) is 10.1 Å². The van der Waals surface area contributed by atoms with Gasteiger partial charge in [-0.05, 0) is 18.6 Å². The average Bonchev–Trinajstić information content (AvgIpc) is 3.04. The van der Waals surface area contributed by atoms with Crippen molar-refractivity contribution in [2.24, 2.45) is 0 Å². The van der Waals surface area contributed by atoms with E-state index in [0.29, 0.717) is 26.2 Å². The Balaban J connectivity index is 1.72. The number of hydrogen-bond acceptors (Lipinski definition) is 4. The van der Waals surface area contributed by atoms with Crippen LogP contribution >= 0.6 is 0 Å². The summed E-state index contributed by atoms with van der Waals surface area (Å²) in [6.45, 7) is 5.66. The minimum atomic E-state index is -0.194. The van der Waals surface area contributed by atoms with Crippen LogP contribution < -0.4 is 0 Å². The first-order valence-electron chi connectivity index (χ1n) is 7.58. The molecule has 0 bridgehead atoms. The molecule has 7 nitrogen and oxygen atoms in total. The normalized spacial score (nSPS) is 14.9. The van der Waals surface area contributed by atoms with Gasteiger partial charge in [-0.25, -0.2) is 9.67 Å². The second kappa shape index (κ2) is 6.20. The number of carbonyl (C=O) groups is 2. The molecule has 0 unspecified atom stereocenters. The monoisotopic (exact) mass is 313 g/mol. The topological polar surface area (TPSA) is 71.3 Å². The van der Waals surface area contributed by atoms with Crippen molar-refractivity contribution in [2.45, 2.75) is 13.8 Å². The summed E-state index contributed by atoms with van der Waals surface area (Å²) in [6, 6.07) is 7.80. The molecule has 1 aromatic heterocycles. The quantitative estimate of drug-likeness (QED) is 0.825. The Morgan fingerprint density at radius 1 is 1.04 bits per heavy atom. The second-order valence-electron chi connectivity index (χ2n) is 5.60. The molecule has 1 fully saturated rings. The van der Waals surface area contributed by atoms with Gasteiger partial charge in [0.2, 0.25) is 11.7 Å². The highest BCUT2D eigenvalue weighted by atomic mass is 16.2. The van der Waals surface area contributed by atoms with Crippen molar-refractivity contribution >= 4 is 11.8 Å². The van der Waals surface area contributed by atoms with Gasteiger partial charge in [0.05, 0.1) is 5.69 Å². The molecule has 0 N–H and O–H groups in total. The first kappa shape index (κ1) is 15.2. The lowest BCUT2D eigenvalue weighted by Crippen LogP contribution is -2.50. The van der Waals surface area contributed by atoms with Crippen molar-refractivity contribution in [1.29, 1.82) is 0 Å². The van der Waals surface area contributed by atoms with Crippen LogP contribution in [0.3, 0.4) is 0 Å². The van der Waals surface area contributed by atoms with Gasteiger partial charge in [-0.3, -0.25) is 9.59 Å². The largest absolute Gasteiger partial charge is 0.339 e. The predicted molar refractivity (Wildman–Crippen MR) is 84.3 cm³/mol. The maximum absolute atomic E-state index is 12.5. The predicted octanol–water partition coefficient (Wildman–Crippen LogP) is 0.880. The van der Waals surface area contributed by atoms with Gasteiger partial charge < -0.3 is 9.80 Å². The molecule has 23 heavy (non-hydrogen) atoms. The zero-order valence-corrected chi connectivity index (χ0v) is 13.3. The van der Waals surface area contributed by atoms with E-state index in [-0.39, 0.29) is 17.6 Å². The van der Waals surface area contributed by atoms with Crippen LogP contribution in [0.2, 0.25) is 0 Å². The van der Waals surface area contributed by atoms with E-state index in [0.717, 1.165) is 11.3 Å². The third-order valence-corrected chi connectivity index (χ3v) is 4.06. The van der Waals surface area contributed by atoms with Crippen LogP contribution in [-0.4, -0.2) is 62.6 Å². The maximum Gasteiger partial charge on any atom is 0.293 e. The molecular weight excluding hydrogens is 294 g/mol. The summed E-state index contributed by atoms with van der Waals surface area (Å²) in [5.74, 6) is 0.0316. The summed E-state index contributed by atoms with van der Waals surface area (Å²) in [5.41, 5.74) is 1.96. The number of nitrogens with zero attached hydrogens (tertiary/aromatic N) is 5. The number of para-hydroxylation sites is 1. The van der Waals surface area contributed by atoms with Crippen molar-refractivity contribution in [1.82, 2.24) is 24.6 Å². The minimum Gasteiger partial charge on any atom is -0.339 e. The molecule has 1 aromatic carbocycles. The molecule has 1 aliphatic heterocycles. The molecule has 120 valence electrons. The average molecular weight is 313 g/mol. The summed E-state index contributed by atoms with van der Waals surface area (Å²) in [6.07, 6.45) is 1.56. The number of aryl methyl sites for hydroxylation is 1. The van der Waals surface area contributed by atoms with Crippen LogP contribution in [0.4, 0.5) is 0 Å². The van der Waals surface area contributed by atoms with E-state index in [1.807, 2.05) is 31.2 Å². The molecule has 1 aliphatic rings. The highest BCUT2D eigenvalue weighted by Crippen LogP contribution is 2.12. The molecular formula is C16H19N5O2. The van der Waals surface area contributed by atoms with E-state index in [1.54, 1.807) is 27.7 Å². The van der Waals surface area contributed by atoms with E-state index in [1.165, 1.54) is 0 Å². The van der Waals surface area contributed by atoms with Crippen molar-refractivity contribution < 1.29 is 9.59 Å². The van der Waals surface area contributed by atoms with Gasteiger partial charge in [-0.15, -0.1) is 5.10 Å². The fraction of sp³-hybridized carbons (Fsp3) is 0.375. The summed E-state index contributed by atoms with van der Waals surface area (Å²) >= 11 is 0. The Kier molecular flexibility index (Phi) is 4.10. The Bertz CT molecular complexity index is 732. The second-order valence-corrected chi connectivity index (χ2v) is 5.60. The summed E-state index contributed by atoms with van der Waals surface area (Å²) < 4.78 is 1.62. The zero-order valence-electron chi connectivity index (χ0n) is 13.3. The molecule has 2 aromatic rings. The van der Waals surface area contributed by atoms with Crippen LogP contribution in [0.1, 0.15) is 23.1 Å². The zero-order chi connectivity index (χ0) is 16.4. The van der Waals surface area contributed by atoms with E-state index >= 15 is 0 Å². The van der Waals surface area contributed by atoms with Crippen molar-refractivity contribution in [3.63, 3.8) is 0 Å². The maximum atomic E-state index is 12.5. The first-order valence-corrected chi connectivity index (χ1v) is 7.58. The first-order chi connectivity index (χ1) is 11.1. The minimum absolute atomic E-state index is 0.0408. The number of benzene rings is 1. The molecule has 3 rings (SSSR count). The fourth-order valence-corrected chi connectivity index (χ4v) is 2.66. The van der Waals surface area contributed by atoms with Gasteiger partial charge in [-0.1, -0.05) is 18.2 Å². The lowest BCUT2D eigenvalue weighted by atomic mass is 10.2. The number of rotatable bonds is 2. The van der Waals surface area contributed by atoms with Crippen molar-refractivity contribution in [2.75, 3.05) is 26.2 Å². The molecule has 1 saturated heterocycles.